The van der Waals surface area contributed by atoms with Gasteiger partial charge in [0, 0.05) is 6.42 Å². The van der Waals surface area contributed by atoms with Crippen molar-refractivity contribution in [3.05, 3.63) is 0 Å². The van der Waals surface area contributed by atoms with Gasteiger partial charge in [-0.3, -0.25) is 0 Å². The van der Waals surface area contributed by atoms with Gasteiger partial charge in [-0.2, -0.15) is 0 Å². The molecule has 2 nitrogen and oxygen atoms in total. The van der Waals surface area contributed by atoms with Gasteiger partial charge in [-0.25, -0.2) is 0 Å². The zero-order valence-corrected chi connectivity index (χ0v) is 6.97. The molecule has 0 amide bonds. The first-order chi connectivity index (χ1) is 4.77. The van der Waals surface area contributed by atoms with E-state index in [2.05, 4.69) is 19.0 Å². The lowest BCUT2D eigenvalue weighted by Crippen LogP contribution is -2.12. The first-order valence-corrected chi connectivity index (χ1v) is 3.85. The molecule has 0 aromatic heterocycles. The highest BCUT2D eigenvalue weighted by atomic mass is 16.1. The lowest BCUT2D eigenvalue weighted by molar-refractivity contribution is -0.107. The average molecular weight is 143 g/mol. The van der Waals surface area contributed by atoms with E-state index in [9.17, 15) is 4.79 Å². The molecule has 0 heterocycles. The van der Waals surface area contributed by atoms with Crippen molar-refractivity contribution in [2.45, 2.75) is 25.7 Å². The van der Waals surface area contributed by atoms with Crippen molar-refractivity contribution < 1.29 is 4.79 Å². The molecule has 0 aromatic carbocycles. The number of carbonyl (C=O) groups excluding carboxylic acids is 1. The number of nitrogens with zero attached hydrogens (tertiary/aromatic N) is 1. The summed E-state index contributed by atoms with van der Waals surface area (Å²) in [7, 11) is 4.14. The van der Waals surface area contributed by atoms with Crippen LogP contribution < -0.4 is 0 Å². The van der Waals surface area contributed by atoms with Crippen molar-refractivity contribution in [2.75, 3.05) is 20.6 Å². The number of aldehydes is 1. The summed E-state index contributed by atoms with van der Waals surface area (Å²) in [4.78, 5) is 12.1. The summed E-state index contributed by atoms with van der Waals surface area (Å²) in [6.45, 7) is 1.14. The molecule has 0 aliphatic rings. The van der Waals surface area contributed by atoms with Crippen LogP contribution in [0, 0.1) is 0 Å². The van der Waals surface area contributed by atoms with Gasteiger partial charge in [0.2, 0.25) is 0 Å². The highest BCUT2D eigenvalue weighted by molar-refractivity contribution is 5.48. The Labute approximate surface area is 63.2 Å². The summed E-state index contributed by atoms with van der Waals surface area (Å²) >= 11 is 0. The fourth-order valence-corrected chi connectivity index (χ4v) is 0.832. The van der Waals surface area contributed by atoms with E-state index in [1.165, 1.54) is 12.8 Å². The summed E-state index contributed by atoms with van der Waals surface area (Å²) < 4.78 is 0. The smallest absolute Gasteiger partial charge is 0.119 e. The topological polar surface area (TPSA) is 20.3 Å². The molecule has 0 fully saturated rings. The summed E-state index contributed by atoms with van der Waals surface area (Å²) in [5.41, 5.74) is 0. The zero-order valence-electron chi connectivity index (χ0n) is 6.97. The highest BCUT2D eigenvalue weighted by Gasteiger charge is 1.89. The van der Waals surface area contributed by atoms with E-state index in [1.54, 1.807) is 0 Å². The SMILES string of the molecule is CN(C)CCCCCC=O. The van der Waals surface area contributed by atoms with Crippen LogP contribution in [0.15, 0.2) is 0 Å². The fraction of sp³-hybridized carbons (Fsp3) is 0.875. The second-order valence-corrected chi connectivity index (χ2v) is 2.82. The Morgan fingerprint density at radius 2 is 1.90 bits per heavy atom. The summed E-state index contributed by atoms with van der Waals surface area (Å²) in [5.74, 6) is 0. The Morgan fingerprint density at radius 3 is 2.40 bits per heavy atom. The van der Waals surface area contributed by atoms with E-state index in [1.807, 2.05) is 0 Å². The molecular formula is C8H17NO. The number of hydrogen-bond acceptors (Lipinski definition) is 2. The molecule has 0 aliphatic carbocycles. The van der Waals surface area contributed by atoms with E-state index in [-0.39, 0.29) is 0 Å². The van der Waals surface area contributed by atoms with Crippen molar-refractivity contribution in [1.29, 1.82) is 0 Å². The van der Waals surface area contributed by atoms with Crippen LogP contribution in [-0.2, 0) is 4.79 Å². The monoisotopic (exact) mass is 143 g/mol. The average Bonchev–Trinajstić information content (AvgIpc) is 1.87. The van der Waals surface area contributed by atoms with Crippen LogP contribution in [0.3, 0.4) is 0 Å². The number of carbonyl (C=O) groups is 1. The summed E-state index contributed by atoms with van der Waals surface area (Å²) in [6.07, 6.45) is 5.16. The van der Waals surface area contributed by atoms with Gasteiger partial charge in [0.05, 0.1) is 0 Å². The molecule has 60 valence electrons. The van der Waals surface area contributed by atoms with Crippen molar-refractivity contribution in [3.8, 4) is 0 Å². The maximum atomic E-state index is 9.89. The molecule has 0 radical (unpaired) electrons. The largest absolute Gasteiger partial charge is 0.309 e. The number of hydrogen-bond donors (Lipinski definition) is 0. The Hall–Kier alpha value is -0.370. The van der Waals surface area contributed by atoms with E-state index in [4.69, 9.17) is 0 Å². The normalized spacial score (nSPS) is 10.3. The zero-order chi connectivity index (χ0) is 7.82. The Balaban J connectivity index is 2.83. The van der Waals surface area contributed by atoms with E-state index in [0.29, 0.717) is 0 Å². The predicted molar refractivity (Wildman–Crippen MR) is 43.1 cm³/mol. The lowest BCUT2D eigenvalue weighted by atomic mass is 10.2. The molecule has 0 unspecified atom stereocenters. The summed E-state index contributed by atoms with van der Waals surface area (Å²) in [5, 5.41) is 0. The Kier molecular flexibility index (Phi) is 6.50. The second kappa shape index (κ2) is 6.75. The second-order valence-electron chi connectivity index (χ2n) is 2.82. The van der Waals surface area contributed by atoms with E-state index >= 15 is 0 Å². The minimum atomic E-state index is 0.730. The number of rotatable bonds is 6. The van der Waals surface area contributed by atoms with Gasteiger partial charge >= 0.3 is 0 Å². The Bertz CT molecular complexity index is 81.3. The maximum Gasteiger partial charge on any atom is 0.119 e. The molecule has 0 saturated carbocycles. The fourth-order valence-electron chi connectivity index (χ4n) is 0.832. The molecule has 0 atom stereocenters. The quantitative estimate of drug-likeness (QED) is 0.412. The molecular weight excluding hydrogens is 126 g/mol. The molecule has 0 aliphatic heterocycles. The van der Waals surface area contributed by atoms with Crippen molar-refractivity contribution in [1.82, 2.24) is 4.90 Å². The molecule has 2 heteroatoms. The van der Waals surface area contributed by atoms with E-state index in [0.717, 1.165) is 25.7 Å². The van der Waals surface area contributed by atoms with Gasteiger partial charge in [0.1, 0.15) is 6.29 Å². The molecule has 0 N–H and O–H groups in total. The van der Waals surface area contributed by atoms with Crippen molar-refractivity contribution >= 4 is 6.29 Å². The third-order valence-corrected chi connectivity index (χ3v) is 1.43. The standard InChI is InChI=1S/C8H17NO/c1-9(2)7-5-3-4-6-8-10/h8H,3-7H2,1-2H3. The first kappa shape index (κ1) is 9.63. The van der Waals surface area contributed by atoms with Gasteiger partial charge in [0.15, 0.2) is 0 Å². The van der Waals surface area contributed by atoms with Crippen LogP contribution in [0.5, 0.6) is 0 Å². The van der Waals surface area contributed by atoms with Gasteiger partial charge in [-0.15, -0.1) is 0 Å². The molecule has 0 saturated heterocycles. The molecule has 0 spiro atoms. The third kappa shape index (κ3) is 7.63. The van der Waals surface area contributed by atoms with Gasteiger partial charge in [-0.1, -0.05) is 6.42 Å². The maximum absolute atomic E-state index is 9.89. The van der Waals surface area contributed by atoms with Crippen molar-refractivity contribution in [2.24, 2.45) is 0 Å². The van der Waals surface area contributed by atoms with Crippen LogP contribution >= 0.6 is 0 Å². The van der Waals surface area contributed by atoms with E-state index < -0.39 is 0 Å². The van der Waals surface area contributed by atoms with Crippen LogP contribution in [0.25, 0.3) is 0 Å². The van der Waals surface area contributed by atoms with Crippen LogP contribution in [0.4, 0.5) is 0 Å². The van der Waals surface area contributed by atoms with Crippen LogP contribution in [-0.4, -0.2) is 31.8 Å². The van der Waals surface area contributed by atoms with Crippen molar-refractivity contribution in [3.63, 3.8) is 0 Å². The number of unbranched alkanes of at least 4 members (excludes halogenated alkanes) is 3. The minimum Gasteiger partial charge on any atom is -0.309 e. The molecule has 10 heavy (non-hydrogen) atoms. The first-order valence-electron chi connectivity index (χ1n) is 3.85. The molecule has 0 aromatic rings. The highest BCUT2D eigenvalue weighted by Crippen LogP contribution is 1.97. The lowest BCUT2D eigenvalue weighted by Gasteiger charge is -2.07. The van der Waals surface area contributed by atoms with Crippen LogP contribution in [0.2, 0.25) is 0 Å². The van der Waals surface area contributed by atoms with Crippen LogP contribution in [0.1, 0.15) is 25.7 Å². The summed E-state index contributed by atoms with van der Waals surface area (Å²) in [6, 6.07) is 0. The van der Waals surface area contributed by atoms with Gasteiger partial charge in [0.25, 0.3) is 0 Å². The minimum absolute atomic E-state index is 0.730. The third-order valence-electron chi connectivity index (χ3n) is 1.43. The molecule has 0 rings (SSSR count). The predicted octanol–water partition coefficient (Wildman–Crippen LogP) is 1.31. The Morgan fingerprint density at radius 1 is 1.20 bits per heavy atom. The van der Waals surface area contributed by atoms with Gasteiger partial charge < -0.3 is 9.69 Å². The van der Waals surface area contributed by atoms with Gasteiger partial charge in [-0.05, 0) is 33.5 Å². The molecule has 0 bridgehead atoms.